The number of carbonyl (C=O) groups excluding carboxylic acids is 1. The fourth-order valence-electron chi connectivity index (χ4n) is 8.61. The van der Waals surface area contributed by atoms with Gasteiger partial charge in [0.15, 0.2) is 5.78 Å². The third-order valence-electron chi connectivity index (χ3n) is 10.2. The number of alkyl halides is 1. The van der Waals surface area contributed by atoms with E-state index in [-0.39, 0.29) is 3.92 Å². The average Bonchev–Trinajstić information content (AvgIpc) is 3.00. The van der Waals surface area contributed by atoms with Crippen molar-refractivity contribution >= 4 is 28.4 Å². The highest BCUT2D eigenvalue weighted by molar-refractivity contribution is 14.1. The van der Waals surface area contributed by atoms with Crippen LogP contribution in [0.25, 0.3) is 0 Å². The zero-order chi connectivity index (χ0) is 21.0. The molecule has 0 heterocycles. The Labute approximate surface area is 193 Å². The summed E-state index contributed by atoms with van der Waals surface area (Å²) < 4.78 is 0.200. The van der Waals surface area contributed by atoms with Crippen LogP contribution in [0.5, 0.6) is 0 Å². The van der Waals surface area contributed by atoms with E-state index in [2.05, 4.69) is 63.3 Å². The molecule has 1 nitrogen and oxygen atoms in total. The van der Waals surface area contributed by atoms with Gasteiger partial charge in [-0.1, -0.05) is 82.0 Å². The number of carbonyl (C=O) groups is 1. The van der Waals surface area contributed by atoms with Crippen LogP contribution in [0.15, 0.2) is 11.6 Å². The molecule has 0 unspecified atom stereocenters. The highest BCUT2D eigenvalue weighted by Crippen LogP contribution is 2.67. The van der Waals surface area contributed by atoms with E-state index in [9.17, 15) is 4.79 Å². The van der Waals surface area contributed by atoms with Crippen molar-refractivity contribution in [3.63, 3.8) is 0 Å². The van der Waals surface area contributed by atoms with Crippen LogP contribution in [0.1, 0.15) is 98.8 Å². The van der Waals surface area contributed by atoms with Crippen molar-refractivity contribution in [2.45, 2.75) is 103 Å². The first-order valence-electron chi connectivity index (χ1n) is 12.6. The molecule has 0 N–H and O–H groups in total. The molecule has 0 spiro atoms. The van der Waals surface area contributed by atoms with E-state index in [1.807, 2.05) is 0 Å². The number of halogens is 1. The molecular formula is C27H43IO. The third kappa shape index (κ3) is 3.80. The molecule has 0 amide bonds. The lowest BCUT2D eigenvalue weighted by atomic mass is 9.46. The van der Waals surface area contributed by atoms with Crippen molar-refractivity contribution in [2.24, 2.45) is 46.3 Å². The first-order valence-corrected chi connectivity index (χ1v) is 13.8. The van der Waals surface area contributed by atoms with Crippen molar-refractivity contribution in [1.82, 2.24) is 0 Å². The van der Waals surface area contributed by atoms with Gasteiger partial charge >= 0.3 is 0 Å². The Morgan fingerprint density at radius 2 is 1.83 bits per heavy atom. The highest BCUT2D eigenvalue weighted by atomic mass is 127. The zero-order valence-electron chi connectivity index (χ0n) is 19.5. The molecule has 8 atom stereocenters. The zero-order valence-corrected chi connectivity index (χ0v) is 21.6. The molecule has 2 heteroatoms. The van der Waals surface area contributed by atoms with Crippen LogP contribution in [-0.2, 0) is 4.79 Å². The number of ketones is 1. The van der Waals surface area contributed by atoms with Gasteiger partial charge in [0.1, 0.15) is 0 Å². The number of allylic oxidation sites excluding steroid dienone is 1. The van der Waals surface area contributed by atoms with Crippen LogP contribution < -0.4 is 0 Å². The van der Waals surface area contributed by atoms with Crippen molar-refractivity contribution in [3.05, 3.63) is 11.6 Å². The standard InChI is InChI=1S/C27H43IO/c1-17(2)7-6-8-18(3)21-11-12-22-20-10-9-19-15-25(29)24(28)16-27(19,5)23(20)13-14-26(21,22)4/h15,17-18,20-24H,6-14,16H2,1-5H3/t18-,20+,21-,22+,23+,24-,26-,27+/m1/s1. The minimum absolute atomic E-state index is 0.200. The predicted molar refractivity (Wildman–Crippen MR) is 131 cm³/mol. The second kappa shape index (κ2) is 8.24. The number of fused-ring (bicyclic) bond motifs is 5. The molecule has 0 aromatic heterocycles. The van der Waals surface area contributed by atoms with E-state index in [4.69, 9.17) is 0 Å². The number of hydrogen-bond acceptors (Lipinski definition) is 1. The van der Waals surface area contributed by atoms with Gasteiger partial charge in [0.25, 0.3) is 0 Å². The van der Waals surface area contributed by atoms with Crippen LogP contribution in [0.2, 0.25) is 0 Å². The molecule has 3 fully saturated rings. The lowest BCUT2D eigenvalue weighted by Crippen LogP contribution is -2.52. The first kappa shape index (κ1) is 22.3. The first-order chi connectivity index (χ1) is 13.7. The summed E-state index contributed by atoms with van der Waals surface area (Å²) in [5, 5.41) is 0. The van der Waals surface area contributed by atoms with Gasteiger partial charge in [-0.2, -0.15) is 0 Å². The molecule has 164 valence electrons. The second-order valence-electron chi connectivity index (χ2n) is 12.1. The van der Waals surface area contributed by atoms with E-state index in [1.54, 1.807) is 0 Å². The van der Waals surface area contributed by atoms with Crippen LogP contribution in [0.4, 0.5) is 0 Å². The molecule has 0 aromatic carbocycles. The van der Waals surface area contributed by atoms with Gasteiger partial charge in [-0.25, -0.2) is 0 Å². The fraction of sp³-hybridized carbons (Fsp3) is 0.889. The van der Waals surface area contributed by atoms with E-state index < -0.39 is 0 Å². The topological polar surface area (TPSA) is 17.1 Å². The number of hydrogen-bond donors (Lipinski definition) is 0. The van der Waals surface area contributed by atoms with Crippen molar-refractivity contribution in [3.8, 4) is 0 Å². The molecule has 0 saturated heterocycles. The van der Waals surface area contributed by atoms with E-state index in [0.29, 0.717) is 16.6 Å². The van der Waals surface area contributed by atoms with Crippen molar-refractivity contribution in [1.29, 1.82) is 0 Å². The molecule has 4 aliphatic rings. The minimum Gasteiger partial charge on any atom is -0.294 e. The normalized spacial score (nSPS) is 45.4. The lowest BCUT2D eigenvalue weighted by Gasteiger charge is -2.59. The molecular weight excluding hydrogens is 467 g/mol. The lowest BCUT2D eigenvalue weighted by molar-refractivity contribution is -0.116. The minimum atomic E-state index is 0.200. The summed E-state index contributed by atoms with van der Waals surface area (Å²) in [6.07, 6.45) is 15.7. The van der Waals surface area contributed by atoms with Gasteiger partial charge in [0, 0.05) is 0 Å². The van der Waals surface area contributed by atoms with Crippen LogP contribution in [0.3, 0.4) is 0 Å². The van der Waals surface area contributed by atoms with Gasteiger partial charge < -0.3 is 0 Å². The Morgan fingerprint density at radius 1 is 1.07 bits per heavy atom. The Bertz CT molecular complexity index is 665. The Kier molecular flexibility index (Phi) is 6.35. The molecule has 3 saturated carbocycles. The maximum absolute atomic E-state index is 12.3. The van der Waals surface area contributed by atoms with E-state index >= 15 is 0 Å². The van der Waals surface area contributed by atoms with Gasteiger partial charge in [0.05, 0.1) is 3.92 Å². The molecule has 4 rings (SSSR count). The highest BCUT2D eigenvalue weighted by Gasteiger charge is 2.59. The quantitative estimate of drug-likeness (QED) is 0.270. The molecule has 0 radical (unpaired) electrons. The van der Waals surface area contributed by atoms with Gasteiger partial charge in [0.2, 0.25) is 0 Å². The summed E-state index contributed by atoms with van der Waals surface area (Å²) in [6.45, 7) is 12.5. The summed E-state index contributed by atoms with van der Waals surface area (Å²) >= 11 is 2.41. The smallest absolute Gasteiger partial charge is 0.168 e. The summed E-state index contributed by atoms with van der Waals surface area (Å²) in [5.74, 6) is 5.72. The summed E-state index contributed by atoms with van der Waals surface area (Å²) in [6, 6.07) is 0. The van der Waals surface area contributed by atoms with Crippen LogP contribution in [-0.4, -0.2) is 9.71 Å². The number of rotatable bonds is 5. The van der Waals surface area contributed by atoms with Gasteiger partial charge in [-0.3, -0.25) is 4.79 Å². The summed E-state index contributed by atoms with van der Waals surface area (Å²) in [4.78, 5) is 12.3. The average molecular weight is 511 g/mol. The van der Waals surface area contributed by atoms with Crippen LogP contribution in [0, 0.1) is 46.3 Å². The van der Waals surface area contributed by atoms with Crippen molar-refractivity contribution < 1.29 is 4.79 Å². The van der Waals surface area contributed by atoms with E-state index in [1.165, 1.54) is 63.4 Å². The Morgan fingerprint density at radius 3 is 2.55 bits per heavy atom. The molecule has 29 heavy (non-hydrogen) atoms. The third-order valence-corrected chi connectivity index (χ3v) is 11.2. The summed E-state index contributed by atoms with van der Waals surface area (Å²) in [5.41, 5.74) is 2.38. The Hall–Kier alpha value is 0.140. The Balaban J connectivity index is 1.51. The predicted octanol–water partition coefficient (Wildman–Crippen LogP) is 8.01. The summed E-state index contributed by atoms with van der Waals surface area (Å²) in [7, 11) is 0. The van der Waals surface area contributed by atoms with E-state index in [0.717, 1.165) is 41.9 Å². The largest absolute Gasteiger partial charge is 0.294 e. The van der Waals surface area contributed by atoms with Gasteiger partial charge in [-0.05, 0) is 97.4 Å². The molecule has 4 aliphatic carbocycles. The molecule has 0 aromatic rings. The maximum Gasteiger partial charge on any atom is 0.168 e. The van der Waals surface area contributed by atoms with Gasteiger partial charge in [-0.15, -0.1) is 0 Å². The second-order valence-corrected chi connectivity index (χ2v) is 13.6. The molecule has 0 bridgehead atoms. The molecule has 0 aliphatic heterocycles. The fourth-order valence-corrected chi connectivity index (χ4v) is 9.70. The van der Waals surface area contributed by atoms with Crippen LogP contribution >= 0.6 is 22.6 Å². The van der Waals surface area contributed by atoms with Crippen molar-refractivity contribution in [2.75, 3.05) is 0 Å². The monoisotopic (exact) mass is 510 g/mol. The maximum atomic E-state index is 12.3. The SMILES string of the molecule is CC(C)CCC[C@@H](C)[C@H]1CC[C@H]2[C@@H]3CCC4=CC(=O)[C@H](I)C[C@]4(C)[C@H]3CC[C@]12C.